The van der Waals surface area contributed by atoms with E-state index < -0.39 is 42.0 Å². The number of hydrogen-bond acceptors (Lipinski definition) is 10. The summed E-state index contributed by atoms with van der Waals surface area (Å²) in [6.45, 7) is 5.76. The molecule has 1 aliphatic heterocycles. The standard InChI is InChI=1S/C24H32N2O4.C6H8O7/c1-17-4-7-23(25-13-17)24(27)9-8-19-15-26(16-20(19)24)14-18-5-6-21(29-3)22(12-18)30-11-10-28-2;7-3(8)1-6(13,5(11)12)2-4(9)10/h4-7,12-13,19-20,27H,8-11,14-16H2,1-3H3;13H,1-2H2,(H,7,8)(H,9,10)(H,11,12)/t19-,20+,24-;/m1./s1. The second-order valence-corrected chi connectivity index (χ2v) is 11.0. The van der Waals surface area contributed by atoms with Gasteiger partial charge in [-0.25, -0.2) is 4.79 Å². The van der Waals surface area contributed by atoms with E-state index in [4.69, 9.17) is 34.6 Å². The molecule has 1 saturated heterocycles. The number of aromatic nitrogens is 1. The van der Waals surface area contributed by atoms with Crippen molar-refractivity contribution in [2.45, 2.75) is 50.4 Å². The predicted octanol–water partition coefficient (Wildman–Crippen LogP) is 1.90. The number of fused-ring (bicyclic) bond motifs is 1. The number of ether oxygens (including phenoxy) is 3. The molecular weight excluding hydrogens is 564 g/mol. The number of methoxy groups -OCH3 is 2. The minimum absolute atomic E-state index is 0.225. The van der Waals surface area contributed by atoms with Gasteiger partial charge in [-0.15, -0.1) is 0 Å². The maximum atomic E-state index is 11.5. The number of likely N-dealkylation sites (tertiary alicyclic amines) is 1. The molecule has 0 amide bonds. The van der Waals surface area contributed by atoms with Gasteiger partial charge in [-0.05, 0) is 55.0 Å². The van der Waals surface area contributed by atoms with Gasteiger partial charge in [-0.3, -0.25) is 19.5 Å². The summed E-state index contributed by atoms with van der Waals surface area (Å²) in [6, 6.07) is 10.1. The summed E-state index contributed by atoms with van der Waals surface area (Å²) >= 11 is 0. The number of carboxylic acids is 3. The van der Waals surface area contributed by atoms with Crippen molar-refractivity contribution in [1.82, 2.24) is 9.88 Å². The van der Waals surface area contributed by atoms with Crippen LogP contribution in [-0.2, 0) is 31.3 Å². The highest BCUT2D eigenvalue weighted by atomic mass is 16.5. The molecule has 2 heterocycles. The summed E-state index contributed by atoms with van der Waals surface area (Å²) in [6.07, 6.45) is 1.41. The van der Waals surface area contributed by atoms with E-state index in [-0.39, 0.29) is 5.92 Å². The van der Waals surface area contributed by atoms with Crippen LogP contribution in [0.2, 0.25) is 0 Å². The van der Waals surface area contributed by atoms with Crippen molar-refractivity contribution in [1.29, 1.82) is 0 Å². The van der Waals surface area contributed by atoms with Gasteiger partial charge < -0.3 is 39.7 Å². The number of benzene rings is 1. The first-order valence-electron chi connectivity index (χ1n) is 13.9. The number of carbonyl (C=O) groups is 3. The quantitative estimate of drug-likeness (QED) is 0.208. The van der Waals surface area contributed by atoms with Crippen LogP contribution >= 0.6 is 0 Å². The molecule has 13 heteroatoms. The minimum atomic E-state index is -2.74. The van der Waals surface area contributed by atoms with Crippen LogP contribution < -0.4 is 9.47 Å². The fraction of sp³-hybridized carbons (Fsp3) is 0.533. The molecule has 1 saturated carbocycles. The summed E-state index contributed by atoms with van der Waals surface area (Å²) in [5, 5.41) is 45.3. The fourth-order valence-electron chi connectivity index (χ4n) is 5.70. The Morgan fingerprint density at radius 2 is 1.72 bits per heavy atom. The Bertz CT molecular complexity index is 1250. The molecule has 4 rings (SSSR count). The fourth-order valence-corrected chi connectivity index (χ4v) is 5.70. The van der Waals surface area contributed by atoms with Crippen LogP contribution in [-0.4, -0.2) is 99.4 Å². The van der Waals surface area contributed by atoms with Gasteiger partial charge in [0.15, 0.2) is 17.1 Å². The molecule has 0 unspecified atom stereocenters. The lowest BCUT2D eigenvalue weighted by molar-refractivity contribution is -0.170. The Kier molecular flexibility index (Phi) is 11.4. The predicted molar refractivity (Wildman–Crippen MR) is 152 cm³/mol. The van der Waals surface area contributed by atoms with Gasteiger partial charge >= 0.3 is 17.9 Å². The number of hydrogen-bond donors (Lipinski definition) is 5. The first-order chi connectivity index (χ1) is 20.3. The molecule has 1 aromatic heterocycles. The average Bonchev–Trinajstić information content (AvgIpc) is 3.48. The van der Waals surface area contributed by atoms with Gasteiger partial charge in [0.1, 0.15) is 12.2 Å². The van der Waals surface area contributed by atoms with Crippen LogP contribution in [0.5, 0.6) is 11.5 Å². The zero-order valence-corrected chi connectivity index (χ0v) is 24.6. The molecule has 0 spiro atoms. The number of aliphatic hydroxyl groups is 2. The van der Waals surface area contributed by atoms with E-state index >= 15 is 0 Å². The number of pyridine rings is 1. The van der Waals surface area contributed by atoms with Gasteiger partial charge in [-0.1, -0.05) is 12.1 Å². The number of carboxylic acid groups (broad SMARTS) is 3. The average molecular weight is 605 g/mol. The summed E-state index contributed by atoms with van der Waals surface area (Å²) in [4.78, 5) is 37.5. The molecule has 1 aliphatic carbocycles. The van der Waals surface area contributed by atoms with E-state index in [2.05, 4.69) is 22.0 Å². The summed E-state index contributed by atoms with van der Waals surface area (Å²) < 4.78 is 16.3. The Balaban J connectivity index is 0.000000331. The highest BCUT2D eigenvalue weighted by Crippen LogP contribution is 2.50. The maximum Gasteiger partial charge on any atom is 0.336 e. The van der Waals surface area contributed by atoms with E-state index in [9.17, 15) is 19.5 Å². The highest BCUT2D eigenvalue weighted by molar-refractivity contribution is 5.88. The summed E-state index contributed by atoms with van der Waals surface area (Å²) in [7, 11) is 3.31. The first kappa shape index (κ1) is 33.7. The van der Waals surface area contributed by atoms with E-state index in [1.54, 1.807) is 14.2 Å². The van der Waals surface area contributed by atoms with Gasteiger partial charge in [0.25, 0.3) is 0 Å². The van der Waals surface area contributed by atoms with Crippen molar-refractivity contribution in [3.05, 3.63) is 53.3 Å². The Morgan fingerprint density at radius 1 is 1.02 bits per heavy atom. The Labute approximate surface area is 249 Å². The Morgan fingerprint density at radius 3 is 2.28 bits per heavy atom. The second kappa shape index (κ2) is 14.6. The van der Waals surface area contributed by atoms with Crippen LogP contribution in [0.15, 0.2) is 36.5 Å². The van der Waals surface area contributed by atoms with Crippen molar-refractivity contribution in [3.8, 4) is 11.5 Å². The van der Waals surface area contributed by atoms with E-state index in [0.717, 1.165) is 55.2 Å². The molecule has 2 aliphatic rings. The van der Waals surface area contributed by atoms with Crippen molar-refractivity contribution in [2.24, 2.45) is 11.8 Å². The lowest BCUT2D eigenvalue weighted by atomic mass is 9.85. The SMILES string of the molecule is COCCOc1cc(CN2C[C@H]3CC[C@](O)(c4ccc(C)cn4)[C@H]3C2)ccc1OC.O=C(O)CC(O)(CC(=O)O)C(=O)O. The normalized spacial score (nSPS) is 21.4. The Hall–Kier alpha value is -3.78. The lowest BCUT2D eigenvalue weighted by Crippen LogP contribution is -2.42. The van der Waals surface area contributed by atoms with Crippen molar-refractivity contribution >= 4 is 17.9 Å². The molecule has 43 heavy (non-hydrogen) atoms. The minimum Gasteiger partial charge on any atom is -0.493 e. The third kappa shape index (κ3) is 8.63. The maximum absolute atomic E-state index is 11.5. The third-order valence-electron chi connectivity index (χ3n) is 7.85. The number of rotatable bonds is 13. The molecule has 1 aromatic carbocycles. The van der Waals surface area contributed by atoms with Crippen LogP contribution in [0.1, 0.15) is 42.5 Å². The lowest BCUT2D eigenvalue weighted by Gasteiger charge is -2.30. The molecule has 3 atom stereocenters. The number of nitrogens with zero attached hydrogens (tertiary/aromatic N) is 2. The zero-order chi connectivity index (χ0) is 31.8. The highest BCUT2D eigenvalue weighted by Gasteiger charge is 2.53. The summed E-state index contributed by atoms with van der Waals surface area (Å²) in [5.41, 5.74) is -0.437. The monoisotopic (exact) mass is 604 g/mol. The second-order valence-electron chi connectivity index (χ2n) is 11.0. The third-order valence-corrected chi connectivity index (χ3v) is 7.85. The molecule has 0 radical (unpaired) electrons. The van der Waals surface area contributed by atoms with E-state index in [1.807, 2.05) is 31.3 Å². The number of aryl methyl sites for hydroxylation is 1. The molecule has 2 fully saturated rings. The van der Waals surface area contributed by atoms with Crippen molar-refractivity contribution in [3.63, 3.8) is 0 Å². The van der Waals surface area contributed by atoms with Gasteiger partial charge in [0, 0.05) is 38.9 Å². The van der Waals surface area contributed by atoms with Crippen LogP contribution in [0.25, 0.3) is 0 Å². The molecule has 13 nitrogen and oxygen atoms in total. The van der Waals surface area contributed by atoms with Crippen LogP contribution in [0, 0.1) is 18.8 Å². The topological polar surface area (TPSA) is 196 Å². The van der Waals surface area contributed by atoms with Gasteiger partial charge in [0.05, 0.1) is 32.3 Å². The smallest absolute Gasteiger partial charge is 0.336 e. The van der Waals surface area contributed by atoms with Gasteiger partial charge in [0.2, 0.25) is 0 Å². The zero-order valence-electron chi connectivity index (χ0n) is 24.6. The van der Waals surface area contributed by atoms with Crippen molar-refractivity contribution < 1.29 is 54.1 Å². The summed E-state index contributed by atoms with van der Waals surface area (Å²) in [5.74, 6) is -2.81. The molecule has 5 N–H and O–H groups in total. The largest absolute Gasteiger partial charge is 0.493 e. The molecular formula is C30H40N2O11. The van der Waals surface area contributed by atoms with Crippen LogP contribution in [0.4, 0.5) is 0 Å². The molecule has 2 aromatic rings. The first-order valence-corrected chi connectivity index (χ1v) is 13.9. The molecule has 0 bridgehead atoms. The van der Waals surface area contributed by atoms with Gasteiger partial charge in [-0.2, -0.15) is 0 Å². The van der Waals surface area contributed by atoms with E-state index in [0.29, 0.717) is 19.1 Å². The van der Waals surface area contributed by atoms with Crippen LogP contribution in [0.3, 0.4) is 0 Å². The molecule has 236 valence electrons. The number of aliphatic carboxylic acids is 3. The van der Waals surface area contributed by atoms with Crippen molar-refractivity contribution in [2.75, 3.05) is 40.5 Å². The van der Waals surface area contributed by atoms with E-state index in [1.165, 1.54) is 5.56 Å².